The summed E-state index contributed by atoms with van der Waals surface area (Å²) in [6.45, 7) is 4.99. The summed E-state index contributed by atoms with van der Waals surface area (Å²) in [6.07, 6.45) is 2.08. The van der Waals surface area contributed by atoms with E-state index in [1.54, 1.807) is 16.4 Å². The summed E-state index contributed by atoms with van der Waals surface area (Å²) in [6, 6.07) is 29.7. The summed E-state index contributed by atoms with van der Waals surface area (Å²) in [5, 5.41) is 5.57. The predicted molar refractivity (Wildman–Crippen MR) is 134 cm³/mol. The summed E-state index contributed by atoms with van der Waals surface area (Å²) in [5.41, 5.74) is 13.7. The van der Waals surface area contributed by atoms with Crippen molar-refractivity contribution in [1.29, 1.82) is 0 Å². The van der Waals surface area contributed by atoms with Gasteiger partial charge in [-0.15, -0.1) is 0 Å². The molecule has 2 heterocycles. The molecule has 5 aromatic rings. The van der Waals surface area contributed by atoms with Gasteiger partial charge in [-0.3, -0.25) is 0 Å². The lowest BCUT2D eigenvalue weighted by molar-refractivity contribution is 1.16. The molecule has 0 N–H and O–H groups in total. The molecule has 2 aliphatic heterocycles. The van der Waals surface area contributed by atoms with Gasteiger partial charge in [-0.25, -0.2) is 0 Å². The molecule has 1 heteroatoms. The maximum Gasteiger partial charge on any atom is 0.243 e. The smallest absolute Gasteiger partial charge is 0.0617 e. The minimum atomic E-state index is 0.341. The Kier molecular flexibility index (Phi) is 3.42. The van der Waals surface area contributed by atoms with Crippen LogP contribution in [0.2, 0.25) is 0 Å². The Morgan fingerprint density at radius 2 is 1.03 bits per heavy atom. The van der Waals surface area contributed by atoms with Crippen molar-refractivity contribution < 1.29 is 0 Å². The zero-order chi connectivity index (χ0) is 20.7. The van der Waals surface area contributed by atoms with Crippen molar-refractivity contribution in [3.8, 4) is 0 Å². The maximum absolute atomic E-state index is 2.41. The monoisotopic (exact) mass is 394 g/mol. The van der Waals surface area contributed by atoms with Gasteiger partial charge < -0.3 is 0 Å². The summed E-state index contributed by atoms with van der Waals surface area (Å²) in [7, 11) is 0. The van der Waals surface area contributed by atoms with Crippen molar-refractivity contribution in [1.82, 2.24) is 0 Å². The van der Waals surface area contributed by atoms with Crippen LogP contribution in [-0.4, -0.2) is 6.71 Å². The van der Waals surface area contributed by atoms with Gasteiger partial charge in [0.05, 0.1) is 0 Å². The minimum Gasteiger partial charge on any atom is -0.0617 e. The van der Waals surface area contributed by atoms with Crippen LogP contribution in [0.5, 0.6) is 0 Å². The lowest BCUT2D eigenvalue weighted by Crippen LogP contribution is -2.62. The van der Waals surface area contributed by atoms with Crippen LogP contribution in [0.15, 0.2) is 78.9 Å². The fourth-order valence-electron chi connectivity index (χ4n) is 6.53. The van der Waals surface area contributed by atoms with Gasteiger partial charge in [0.1, 0.15) is 0 Å². The minimum absolute atomic E-state index is 0.341. The number of rotatable bonds is 0. The quantitative estimate of drug-likeness (QED) is 0.320. The van der Waals surface area contributed by atoms with Crippen LogP contribution in [0.4, 0.5) is 0 Å². The zero-order valence-corrected chi connectivity index (χ0v) is 18.0. The lowest BCUT2D eigenvalue weighted by Gasteiger charge is -2.37. The molecule has 0 saturated heterocycles. The first-order chi connectivity index (χ1) is 15.2. The highest BCUT2D eigenvalue weighted by Crippen LogP contribution is 2.31. The topological polar surface area (TPSA) is 0 Å². The first-order valence-corrected chi connectivity index (χ1v) is 11.3. The molecule has 0 fully saturated rings. The van der Waals surface area contributed by atoms with Gasteiger partial charge in [0.2, 0.25) is 6.71 Å². The van der Waals surface area contributed by atoms with Crippen LogP contribution in [-0.2, 0) is 12.8 Å². The number of aryl methyl sites for hydroxylation is 2. The number of fused-ring (bicyclic) bond motifs is 8. The molecule has 146 valence electrons. The normalized spacial score (nSPS) is 13.8. The largest absolute Gasteiger partial charge is 0.243 e. The van der Waals surface area contributed by atoms with Gasteiger partial charge in [0.15, 0.2) is 0 Å². The number of hydrogen-bond acceptors (Lipinski definition) is 0. The molecule has 0 radical (unpaired) electrons. The molecule has 31 heavy (non-hydrogen) atoms. The SMILES string of the molecule is Cc1cc2ccccc2c2c1B1c3c(cccc3Cc3c1c(C)cc1ccccc31)C2. The summed E-state index contributed by atoms with van der Waals surface area (Å²) in [5.74, 6) is 0. The van der Waals surface area contributed by atoms with E-state index in [0.29, 0.717) is 6.71 Å². The van der Waals surface area contributed by atoms with E-state index in [2.05, 4.69) is 92.7 Å². The molecular weight excluding hydrogens is 371 g/mol. The van der Waals surface area contributed by atoms with Gasteiger partial charge in [0.25, 0.3) is 0 Å². The molecule has 0 nitrogen and oxygen atoms in total. The Hall–Kier alpha value is -3.32. The van der Waals surface area contributed by atoms with E-state index in [4.69, 9.17) is 0 Å². The Balaban J connectivity index is 1.65. The van der Waals surface area contributed by atoms with Crippen LogP contribution in [0, 0.1) is 13.8 Å². The average Bonchev–Trinajstić information content (AvgIpc) is 2.79. The Bertz CT molecular complexity index is 1440. The van der Waals surface area contributed by atoms with E-state index < -0.39 is 0 Å². The predicted octanol–water partition coefficient (Wildman–Crippen LogP) is 4.93. The van der Waals surface area contributed by atoms with Crippen molar-refractivity contribution in [2.75, 3.05) is 0 Å². The molecule has 0 saturated carbocycles. The zero-order valence-electron chi connectivity index (χ0n) is 18.0. The second kappa shape index (κ2) is 6.11. The highest BCUT2D eigenvalue weighted by Gasteiger charge is 2.39. The van der Waals surface area contributed by atoms with Crippen LogP contribution in [0.25, 0.3) is 21.5 Å². The van der Waals surface area contributed by atoms with E-state index in [-0.39, 0.29) is 0 Å². The van der Waals surface area contributed by atoms with Crippen molar-refractivity contribution in [2.24, 2.45) is 0 Å². The molecule has 0 bridgehead atoms. The third kappa shape index (κ3) is 2.27. The lowest BCUT2D eigenvalue weighted by atomic mass is 9.29. The molecule has 0 aromatic heterocycles. The molecule has 2 aliphatic rings. The fourth-order valence-corrected chi connectivity index (χ4v) is 6.53. The maximum atomic E-state index is 2.41. The Morgan fingerprint density at radius 1 is 0.548 bits per heavy atom. The molecule has 7 rings (SSSR count). The van der Waals surface area contributed by atoms with Gasteiger partial charge in [0, 0.05) is 0 Å². The Labute approximate surface area is 183 Å². The summed E-state index contributed by atoms with van der Waals surface area (Å²) < 4.78 is 0. The highest BCUT2D eigenvalue weighted by molar-refractivity contribution is 6.98. The standard InChI is InChI=1S/C30H23B/c1-18-14-20-8-3-5-12-24(20)26-16-22-10-7-11-23-17-27-25-13-6-4-9-21(25)15-19(2)29(27)31(28(18)26)30(22)23/h3-15H,16-17H2,1-2H3. The van der Waals surface area contributed by atoms with Crippen molar-refractivity contribution in [3.63, 3.8) is 0 Å². The molecule has 0 unspecified atom stereocenters. The van der Waals surface area contributed by atoms with Crippen molar-refractivity contribution >= 4 is 44.6 Å². The van der Waals surface area contributed by atoms with Crippen LogP contribution >= 0.6 is 0 Å². The van der Waals surface area contributed by atoms with E-state index in [9.17, 15) is 0 Å². The molecular formula is C30H23B. The Morgan fingerprint density at radius 3 is 1.55 bits per heavy atom. The molecule has 0 amide bonds. The first-order valence-electron chi connectivity index (χ1n) is 11.3. The first kappa shape index (κ1) is 17.4. The second-order valence-corrected chi connectivity index (χ2v) is 9.39. The fraction of sp³-hybridized carbons (Fsp3) is 0.133. The van der Waals surface area contributed by atoms with Crippen molar-refractivity contribution in [3.05, 3.63) is 112 Å². The number of benzene rings is 5. The van der Waals surface area contributed by atoms with Crippen LogP contribution in [0.3, 0.4) is 0 Å². The molecule has 5 aromatic carbocycles. The van der Waals surface area contributed by atoms with Crippen LogP contribution < -0.4 is 16.4 Å². The average molecular weight is 394 g/mol. The molecule has 0 atom stereocenters. The highest BCUT2D eigenvalue weighted by atomic mass is 14.3. The third-order valence-corrected chi connectivity index (χ3v) is 7.70. The van der Waals surface area contributed by atoms with Crippen molar-refractivity contribution in [2.45, 2.75) is 26.7 Å². The van der Waals surface area contributed by atoms with Crippen LogP contribution in [0.1, 0.15) is 33.4 Å². The molecule has 0 spiro atoms. The van der Waals surface area contributed by atoms with E-state index in [0.717, 1.165) is 12.8 Å². The molecule has 0 aliphatic carbocycles. The van der Waals surface area contributed by atoms with E-state index in [1.165, 1.54) is 54.9 Å². The van der Waals surface area contributed by atoms with E-state index >= 15 is 0 Å². The summed E-state index contributed by atoms with van der Waals surface area (Å²) >= 11 is 0. The second-order valence-electron chi connectivity index (χ2n) is 9.39. The van der Waals surface area contributed by atoms with Gasteiger partial charge in [-0.05, 0) is 70.5 Å². The van der Waals surface area contributed by atoms with Gasteiger partial charge in [-0.1, -0.05) is 106 Å². The summed E-state index contributed by atoms with van der Waals surface area (Å²) in [4.78, 5) is 0. The van der Waals surface area contributed by atoms with Gasteiger partial charge >= 0.3 is 0 Å². The third-order valence-electron chi connectivity index (χ3n) is 7.70. The van der Waals surface area contributed by atoms with Gasteiger partial charge in [-0.2, -0.15) is 0 Å². The number of hydrogen-bond donors (Lipinski definition) is 0. The van der Waals surface area contributed by atoms with E-state index in [1.807, 2.05) is 0 Å².